The van der Waals surface area contributed by atoms with Crippen LogP contribution in [0, 0.1) is 5.82 Å². The van der Waals surface area contributed by atoms with Crippen LogP contribution in [0.2, 0.25) is 0 Å². The molecule has 1 aliphatic heterocycles. The zero-order valence-corrected chi connectivity index (χ0v) is 18.7. The number of carbonyl (C=O) groups excluding carboxylic acids is 1. The van der Waals surface area contributed by atoms with E-state index in [0.717, 1.165) is 42.8 Å². The van der Waals surface area contributed by atoms with E-state index in [2.05, 4.69) is 27.1 Å². The largest absolute Gasteiger partial charge is 0.508 e. The number of hydrogen-bond acceptors (Lipinski definition) is 5. The highest BCUT2D eigenvalue weighted by molar-refractivity contribution is 5.98. The number of aromatic amines is 1. The fraction of sp³-hybridized carbons (Fsp3) is 0.304. The number of carboxylic acid groups (broad SMARTS) is 1. The van der Waals surface area contributed by atoms with Crippen molar-refractivity contribution in [1.29, 1.82) is 0 Å². The van der Waals surface area contributed by atoms with Crippen LogP contribution in [0.5, 0.6) is 5.75 Å². The Morgan fingerprint density at radius 2 is 1.71 bits per heavy atom. The molecule has 0 spiro atoms. The number of H-pyrrole nitrogens is 1. The van der Waals surface area contributed by atoms with Gasteiger partial charge in [0.15, 0.2) is 0 Å². The first-order valence-corrected chi connectivity index (χ1v) is 10.6. The molecule has 4 rings (SSSR count). The summed E-state index contributed by atoms with van der Waals surface area (Å²) in [6, 6.07) is 11.5. The Morgan fingerprint density at radius 3 is 2.34 bits per heavy atom. The predicted octanol–water partition coefficient (Wildman–Crippen LogP) is 3.33. The lowest BCUT2D eigenvalue weighted by Gasteiger charge is -2.34. The summed E-state index contributed by atoms with van der Waals surface area (Å²) in [7, 11) is 2.08. The number of nitrogens with one attached hydrogen (secondary N) is 2. The maximum absolute atomic E-state index is 14.1. The number of aromatic nitrogens is 1. The van der Waals surface area contributed by atoms with Crippen LogP contribution in [0.1, 0.15) is 16.1 Å². The van der Waals surface area contributed by atoms with E-state index in [1.54, 1.807) is 30.3 Å². The van der Waals surface area contributed by atoms with E-state index >= 15 is 0 Å². The molecule has 35 heavy (non-hydrogen) atoms. The van der Waals surface area contributed by atoms with E-state index < -0.39 is 12.1 Å². The first-order valence-electron chi connectivity index (χ1n) is 10.6. The number of aromatic hydroxyl groups is 1. The number of halogens is 4. The topological polar surface area (TPSA) is 109 Å². The van der Waals surface area contributed by atoms with Gasteiger partial charge in [-0.2, -0.15) is 13.2 Å². The Bertz CT molecular complexity index is 1200. The zero-order chi connectivity index (χ0) is 25.8. The quantitative estimate of drug-likeness (QED) is 0.413. The van der Waals surface area contributed by atoms with Crippen molar-refractivity contribution in [3.63, 3.8) is 0 Å². The molecule has 2 aromatic carbocycles. The standard InChI is InChI=1S/C21H23FN4O2.C2HF3O2/c1-25-4-6-26(7-5-25)17-9-14(8-16(22)11-17)13-23-21(28)20-10-15-2-3-18(27)12-19(15)24-20;3-2(4,5)1(6)7/h2-3,8-12,24,27H,4-7,13H2,1H3,(H,23,28);(H,6,7). The third kappa shape index (κ3) is 7.09. The summed E-state index contributed by atoms with van der Waals surface area (Å²) in [6.07, 6.45) is -5.08. The van der Waals surface area contributed by atoms with E-state index in [1.165, 1.54) is 6.07 Å². The van der Waals surface area contributed by atoms with E-state index in [1.807, 2.05) is 6.07 Å². The molecule has 0 bridgehead atoms. The molecular formula is C23H24F4N4O4. The molecule has 1 amide bonds. The minimum absolute atomic E-state index is 0.137. The van der Waals surface area contributed by atoms with E-state index in [-0.39, 0.29) is 24.0 Å². The van der Waals surface area contributed by atoms with Crippen LogP contribution in [-0.2, 0) is 11.3 Å². The number of carbonyl (C=O) groups is 2. The van der Waals surface area contributed by atoms with Crippen molar-refractivity contribution in [3.8, 4) is 5.75 Å². The summed E-state index contributed by atoms with van der Waals surface area (Å²) in [5, 5.41) is 20.3. The van der Waals surface area contributed by atoms with Gasteiger partial charge in [-0.05, 0) is 49.0 Å². The summed E-state index contributed by atoms with van der Waals surface area (Å²) in [5.74, 6) is -3.20. The second-order valence-electron chi connectivity index (χ2n) is 8.05. The van der Waals surface area contributed by atoms with Crippen molar-refractivity contribution in [3.05, 3.63) is 59.5 Å². The van der Waals surface area contributed by atoms with Gasteiger partial charge in [-0.3, -0.25) is 4.79 Å². The van der Waals surface area contributed by atoms with Gasteiger partial charge in [0.2, 0.25) is 0 Å². The fourth-order valence-electron chi connectivity index (χ4n) is 3.50. The average Bonchev–Trinajstić information content (AvgIpc) is 3.21. The highest BCUT2D eigenvalue weighted by atomic mass is 19.4. The lowest BCUT2D eigenvalue weighted by atomic mass is 10.1. The van der Waals surface area contributed by atoms with Gasteiger partial charge in [0, 0.05) is 55.4 Å². The molecule has 1 aliphatic rings. The minimum atomic E-state index is -5.08. The summed E-state index contributed by atoms with van der Waals surface area (Å²) in [6.45, 7) is 3.83. The number of hydrogen-bond donors (Lipinski definition) is 4. The summed E-state index contributed by atoms with van der Waals surface area (Å²) >= 11 is 0. The number of fused-ring (bicyclic) bond motifs is 1. The van der Waals surface area contributed by atoms with Gasteiger partial charge in [-0.25, -0.2) is 9.18 Å². The van der Waals surface area contributed by atoms with Gasteiger partial charge in [-0.15, -0.1) is 0 Å². The molecule has 188 valence electrons. The van der Waals surface area contributed by atoms with Crippen molar-refractivity contribution in [2.24, 2.45) is 0 Å². The molecular weight excluding hydrogens is 472 g/mol. The molecule has 12 heteroatoms. The maximum atomic E-state index is 14.1. The number of anilines is 1. The smallest absolute Gasteiger partial charge is 0.490 e. The highest BCUT2D eigenvalue weighted by Crippen LogP contribution is 2.22. The monoisotopic (exact) mass is 496 g/mol. The third-order valence-corrected chi connectivity index (χ3v) is 5.36. The van der Waals surface area contributed by atoms with E-state index in [9.17, 15) is 27.5 Å². The van der Waals surface area contributed by atoms with Crippen molar-refractivity contribution >= 4 is 28.5 Å². The van der Waals surface area contributed by atoms with Crippen molar-refractivity contribution < 1.29 is 37.4 Å². The molecule has 0 radical (unpaired) electrons. The lowest BCUT2D eigenvalue weighted by molar-refractivity contribution is -0.192. The maximum Gasteiger partial charge on any atom is 0.490 e. The summed E-state index contributed by atoms with van der Waals surface area (Å²) in [4.78, 5) is 28.8. The SMILES string of the molecule is CN1CCN(c2cc(F)cc(CNC(=O)c3cc4ccc(O)cc4[nH]3)c2)CC1.O=C(O)C(F)(F)F. The minimum Gasteiger partial charge on any atom is -0.508 e. The number of aliphatic carboxylic acids is 1. The first-order chi connectivity index (χ1) is 16.4. The Labute approximate surface area is 197 Å². The third-order valence-electron chi connectivity index (χ3n) is 5.36. The number of amides is 1. The highest BCUT2D eigenvalue weighted by Gasteiger charge is 2.38. The number of piperazine rings is 1. The normalized spacial score (nSPS) is 14.4. The molecule has 0 unspecified atom stereocenters. The molecule has 2 heterocycles. The van der Waals surface area contributed by atoms with E-state index in [0.29, 0.717) is 11.2 Å². The van der Waals surface area contributed by atoms with Gasteiger partial charge in [0.25, 0.3) is 5.91 Å². The fourth-order valence-corrected chi connectivity index (χ4v) is 3.50. The lowest BCUT2D eigenvalue weighted by Crippen LogP contribution is -2.44. The van der Waals surface area contributed by atoms with Crippen LogP contribution in [0.3, 0.4) is 0 Å². The number of phenols is 1. The Hall–Kier alpha value is -3.80. The van der Waals surface area contributed by atoms with Crippen molar-refractivity contribution in [2.45, 2.75) is 12.7 Å². The van der Waals surface area contributed by atoms with Crippen LogP contribution in [0.15, 0.2) is 42.5 Å². The van der Waals surface area contributed by atoms with Crippen LogP contribution in [-0.4, -0.2) is 71.4 Å². The molecule has 1 fully saturated rings. The Kier molecular flexibility index (Phi) is 7.85. The number of likely N-dealkylation sites (N-methyl/N-ethyl adjacent to an activating group) is 1. The number of alkyl halides is 3. The predicted molar refractivity (Wildman–Crippen MR) is 121 cm³/mol. The number of carboxylic acids is 1. The van der Waals surface area contributed by atoms with Crippen molar-refractivity contribution in [1.82, 2.24) is 15.2 Å². The average molecular weight is 496 g/mol. The Morgan fingerprint density at radius 1 is 1.06 bits per heavy atom. The van der Waals surface area contributed by atoms with Crippen LogP contribution in [0.4, 0.5) is 23.2 Å². The number of nitrogens with zero attached hydrogens (tertiary/aromatic N) is 2. The second-order valence-corrected chi connectivity index (χ2v) is 8.05. The van der Waals surface area contributed by atoms with Gasteiger partial charge in [0.05, 0.1) is 0 Å². The van der Waals surface area contributed by atoms with Crippen molar-refractivity contribution in [2.75, 3.05) is 38.1 Å². The van der Waals surface area contributed by atoms with Crippen LogP contribution < -0.4 is 10.2 Å². The molecule has 1 aromatic heterocycles. The molecule has 0 saturated carbocycles. The molecule has 0 atom stereocenters. The first kappa shape index (κ1) is 25.8. The summed E-state index contributed by atoms with van der Waals surface area (Å²) in [5.41, 5.74) is 2.65. The van der Waals surface area contributed by atoms with Crippen LogP contribution >= 0.6 is 0 Å². The van der Waals surface area contributed by atoms with E-state index in [4.69, 9.17) is 9.90 Å². The number of rotatable bonds is 4. The van der Waals surface area contributed by atoms with Gasteiger partial charge < -0.3 is 30.3 Å². The van der Waals surface area contributed by atoms with Crippen LogP contribution in [0.25, 0.3) is 10.9 Å². The second kappa shape index (κ2) is 10.6. The number of phenolic OH excluding ortho intramolecular Hbond substituents is 1. The number of benzene rings is 2. The molecule has 4 N–H and O–H groups in total. The van der Waals surface area contributed by atoms with Gasteiger partial charge in [0.1, 0.15) is 17.3 Å². The van der Waals surface area contributed by atoms with Gasteiger partial charge in [-0.1, -0.05) is 0 Å². The Balaban J connectivity index is 0.000000429. The molecule has 8 nitrogen and oxygen atoms in total. The molecule has 1 saturated heterocycles. The summed E-state index contributed by atoms with van der Waals surface area (Å²) < 4.78 is 45.8. The molecule has 0 aliphatic carbocycles. The van der Waals surface area contributed by atoms with Gasteiger partial charge >= 0.3 is 12.1 Å². The zero-order valence-electron chi connectivity index (χ0n) is 18.7. The molecule has 3 aromatic rings.